The molecular formula is C17H17N4O2S+. The van der Waals surface area contributed by atoms with E-state index in [1.165, 1.54) is 11.8 Å². The molecule has 4 rings (SSSR count). The van der Waals surface area contributed by atoms with E-state index in [9.17, 15) is 10.1 Å². The number of nitrogens with zero attached hydrogens (tertiary/aromatic N) is 3. The summed E-state index contributed by atoms with van der Waals surface area (Å²) in [5, 5.41) is 11.5. The molecule has 122 valence electrons. The van der Waals surface area contributed by atoms with Gasteiger partial charge in [-0.1, -0.05) is 41.0 Å². The van der Waals surface area contributed by atoms with Crippen molar-refractivity contribution in [3.05, 3.63) is 58.2 Å². The van der Waals surface area contributed by atoms with Gasteiger partial charge in [0.25, 0.3) is 0 Å². The third-order valence-corrected chi connectivity index (χ3v) is 5.71. The molecule has 1 aromatic carbocycles. The lowest BCUT2D eigenvalue weighted by Gasteiger charge is -2.12. The predicted molar refractivity (Wildman–Crippen MR) is 96.4 cm³/mol. The van der Waals surface area contributed by atoms with Crippen LogP contribution in [0.5, 0.6) is 0 Å². The molecule has 0 radical (unpaired) electrons. The quantitative estimate of drug-likeness (QED) is 0.616. The van der Waals surface area contributed by atoms with Crippen LogP contribution in [0.3, 0.4) is 0 Å². The Morgan fingerprint density at radius 2 is 1.96 bits per heavy atom. The van der Waals surface area contributed by atoms with Gasteiger partial charge in [-0.25, -0.2) is 0 Å². The van der Waals surface area contributed by atoms with Gasteiger partial charge in [0.2, 0.25) is 11.2 Å². The first-order valence-corrected chi connectivity index (χ1v) is 8.52. The number of anilines is 1. The van der Waals surface area contributed by atoms with E-state index in [2.05, 4.69) is 11.1 Å². The van der Waals surface area contributed by atoms with Crippen LogP contribution in [-0.2, 0) is 0 Å². The summed E-state index contributed by atoms with van der Waals surface area (Å²) in [4.78, 5) is 17.2. The molecule has 2 atom stereocenters. The molecule has 1 aliphatic heterocycles. The number of thioether (sulfide) groups is 1. The molecule has 0 bridgehead atoms. The lowest BCUT2D eigenvalue weighted by molar-refractivity contribution is -0.448. The fourth-order valence-corrected chi connectivity index (χ4v) is 4.19. The Bertz CT molecular complexity index is 1020. The van der Waals surface area contributed by atoms with Crippen LogP contribution in [0.2, 0.25) is 0 Å². The van der Waals surface area contributed by atoms with Crippen molar-refractivity contribution < 1.29 is 9.63 Å². The van der Waals surface area contributed by atoms with Crippen molar-refractivity contribution in [3.63, 3.8) is 0 Å². The highest BCUT2D eigenvalue weighted by atomic mass is 32.2. The molecule has 7 heteroatoms. The van der Waals surface area contributed by atoms with Gasteiger partial charge in [-0.3, -0.25) is 10.7 Å². The average Bonchev–Trinajstić information content (AvgIpc) is 2.98. The molecule has 2 aromatic rings. The Morgan fingerprint density at radius 1 is 1.25 bits per heavy atom. The third kappa shape index (κ3) is 2.08. The lowest BCUT2D eigenvalue weighted by atomic mass is 10.1. The van der Waals surface area contributed by atoms with E-state index in [4.69, 9.17) is 5.73 Å². The molecule has 0 amide bonds. The molecule has 0 unspecified atom stereocenters. The van der Waals surface area contributed by atoms with E-state index in [0.29, 0.717) is 20.5 Å². The van der Waals surface area contributed by atoms with Crippen LogP contribution in [0.4, 0.5) is 5.82 Å². The Labute approximate surface area is 142 Å². The SMILES string of the molecule is Cc1cc2c(cc1C)[n+](=O)c(N)c(C1=N[C@@H]3C=CC=C[C@H]3S1)n2O. The summed E-state index contributed by atoms with van der Waals surface area (Å²) >= 11 is 1.50. The van der Waals surface area contributed by atoms with Crippen molar-refractivity contribution in [2.75, 3.05) is 5.73 Å². The van der Waals surface area contributed by atoms with Crippen LogP contribution < -0.4 is 10.2 Å². The summed E-state index contributed by atoms with van der Waals surface area (Å²) in [7, 11) is 0. The third-order valence-electron chi connectivity index (χ3n) is 4.48. The number of hydrogen-bond acceptors (Lipinski definition) is 5. The van der Waals surface area contributed by atoms with Crippen LogP contribution in [0.15, 0.2) is 41.4 Å². The Hall–Kier alpha value is -2.54. The summed E-state index contributed by atoms with van der Waals surface area (Å²) in [5.41, 5.74) is 9.01. The second kappa shape index (κ2) is 5.24. The number of aryl methyl sites for hydroxylation is 2. The van der Waals surface area contributed by atoms with Crippen molar-refractivity contribution in [3.8, 4) is 0 Å². The highest BCUT2D eigenvalue weighted by Gasteiger charge is 2.34. The van der Waals surface area contributed by atoms with E-state index in [0.717, 1.165) is 15.9 Å². The number of aliphatic imine (C=N–C) groups is 1. The van der Waals surface area contributed by atoms with E-state index in [1.54, 1.807) is 12.1 Å². The number of allylic oxidation sites excluding steroid dienone is 2. The molecule has 0 fully saturated rings. The van der Waals surface area contributed by atoms with Gasteiger partial charge in [0.15, 0.2) is 0 Å². The van der Waals surface area contributed by atoms with Crippen LogP contribution >= 0.6 is 11.8 Å². The summed E-state index contributed by atoms with van der Waals surface area (Å²) in [6, 6.07) is 3.53. The Balaban J connectivity index is 1.97. The summed E-state index contributed by atoms with van der Waals surface area (Å²) in [6.45, 7) is 3.85. The number of benzene rings is 1. The number of nitrogens with two attached hydrogens (primary N) is 1. The van der Waals surface area contributed by atoms with Gasteiger partial charge in [0.05, 0.1) is 11.3 Å². The van der Waals surface area contributed by atoms with Crippen molar-refractivity contribution in [2.24, 2.45) is 4.99 Å². The average molecular weight is 341 g/mol. The van der Waals surface area contributed by atoms with E-state index in [-0.39, 0.29) is 22.8 Å². The molecule has 3 N–H and O–H groups in total. The standard InChI is InChI=1S/C17H17N4O2S/c1-9-7-12-13(8-10(9)2)21(23)16(18)15(20(12)22)17-19-11-5-3-4-6-14(11)24-17/h3-8,11,14,22H,18H2,1-2H3/q+1/t11-,14-/m1/s1. The smallest absolute Gasteiger partial charge is 0.348 e. The van der Waals surface area contributed by atoms with E-state index < -0.39 is 0 Å². The molecule has 1 aromatic heterocycles. The lowest BCUT2D eigenvalue weighted by Crippen LogP contribution is -2.28. The van der Waals surface area contributed by atoms with Gasteiger partial charge in [0.1, 0.15) is 10.6 Å². The van der Waals surface area contributed by atoms with E-state index in [1.807, 2.05) is 32.1 Å². The topological polar surface area (TPSA) is 86.5 Å². The van der Waals surface area contributed by atoms with Crippen LogP contribution in [0, 0.1) is 18.8 Å². The van der Waals surface area contributed by atoms with Crippen LogP contribution in [0.25, 0.3) is 11.0 Å². The van der Waals surface area contributed by atoms with Gasteiger partial charge in [-0.15, -0.1) is 0 Å². The normalized spacial score (nSPS) is 22.0. The molecule has 1 aliphatic carbocycles. The molecule has 2 aliphatic rings. The minimum Gasteiger partial charge on any atom is -0.427 e. The van der Waals surface area contributed by atoms with Crippen molar-refractivity contribution in [2.45, 2.75) is 25.1 Å². The highest BCUT2D eigenvalue weighted by Crippen LogP contribution is 2.35. The summed E-state index contributed by atoms with van der Waals surface area (Å²) in [6.07, 6.45) is 7.99. The maximum atomic E-state index is 12.6. The number of aromatic nitrogens is 2. The minimum atomic E-state index is -0.0499. The molecule has 2 heterocycles. The molecule has 0 saturated carbocycles. The molecule has 0 spiro atoms. The van der Waals surface area contributed by atoms with Crippen molar-refractivity contribution >= 4 is 33.7 Å². The van der Waals surface area contributed by atoms with Crippen LogP contribution in [0.1, 0.15) is 16.8 Å². The zero-order valence-corrected chi connectivity index (χ0v) is 14.1. The van der Waals surface area contributed by atoms with Gasteiger partial charge < -0.3 is 5.21 Å². The first-order valence-electron chi connectivity index (χ1n) is 7.64. The monoisotopic (exact) mass is 341 g/mol. The molecule has 24 heavy (non-hydrogen) atoms. The zero-order chi connectivity index (χ0) is 17.0. The second-order valence-corrected chi connectivity index (χ2v) is 7.21. The molecule has 0 saturated heterocycles. The number of hydrogen-bond donors (Lipinski definition) is 2. The Kier molecular flexibility index (Phi) is 3.28. The fraction of sp³-hybridized carbons (Fsp3) is 0.235. The van der Waals surface area contributed by atoms with Gasteiger partial charge in [-0.2, -0.15) is 4.73 Å². The maximum Gasteiger partial charge on any atom is 0.348 e. The summed E-state index contributed by atoms with van der Waals surface area (Å²) < 4.78 is 1.66. The first-order chi connectivity index (χ1) is 11.5. The molecule has 6 nitrogen and oxygen atoms in total. The summed E-state index contributed by atoms with van der Waals surface area (Å²) in [5.74, 6) is -0.0499. The number of fused-ring (bicyclic) bond motifs is 2. The maximum absolute atomic E-state index is 12.6. The fourth-order valence-electron chi connectivity index (χ4n) is 2.99. The Morgan fingerprint density at radius 3 is 2.71 bits per heavy atom. The molecular weight excluding hydrogens is 324 g/mol. The predicted octanol–water partition coefficient (Wildman–Crippen LogP) is 2.35. The van der Waals surface area contributed by atoms with Gasteiger partial charge in [-0.05, 0) is 37.1 Å². The number of rotatable bonds is 1. The minimum absolute atomic E-state index is 0.00459. The zero-order valence-electron chi connectivity index (χ0n) is 13.3. The van der Waals surface area contributed by atoms with E-state index >= 15 is 0 Å². The number of nitrogen functional groups attached to an aromatic ring is 1. The van der Waals surface area contributed by atoms with Gasteiger partial charge in [0, 0.05) is 4.43 Å². The van der Waals surface area contributed by atoms with Crippen molar-refractivity contribution in [1.82, 2.24) is 4.73 Å². The highest BCUT2D eigenvalue weighted by molar-refractivity contribution is 8.15. The van der Waals surface area contributed by atoms with Gasteiger partial charge >= 0.3 is 5.82 Å². The first kappa shape index (κ1) is 15.0. The van der Waals surface area contributed by atoms with Crippen molar-refractivity contribution in [1.29, 1.82) is 0 Å². The second-order valence-electron chi connectivity index (χ2n) is 6.04. The van der Waals surface area contributed by atoms with Crippen LogP contribution in [-0.4, -0.2) is 26.3 Å². The largest absolute Gasteiger partial charge is 0.427 e.